The summed E-state index contributed by atoms with van der Waals surface area (Å²) < 4.78 is 25.1. The number of hydrogen-bond acceptors (Lipinski definition) is 2. The van der Waals surface area contributed by atoms with E-state index in [1.54, 1.807) is 12.1 Å². The predicted octanol–water partition coefficient (Wildman–Crippen LogP) is 3.55. The van der Waals surface area contributed by atoms with Crippen molar-refractivity contribution in [2.75, 3.05) is 6.26 Å². The lowest BCUT2D eigenvalue weighted by Crippen LogP contribution is -1.97. The van der Waals surface area contributed by atoms with Crippen LogP contribution >= 0.6 is 0 Å². The molecule has 3 aromatic rings. The quantitative estimate of drug-likeness (QED) is 0.741. The Balaban J connectivity index is 2.10. The standard InChI is InChI=1S/C17H15NO2S/c1-21(19,20)15-10-8-14(9-11-15)16-6-2-3-7-17(16)18-12-4-5-13-18/h2-13H,1H3. The van der Waals surface area contributed by atoms with Crippen molar-refractivity contribution in [1.82, 2.24) is 4.57 Å². The molecule has 0 aliphatic heterocycles. The number of sulfone groups is 1. The number of rotatable bonds is 3. The largest absolute Gasteiger partial charge is 0.323 e. The summed E-state index contributed by atoms with van der Waals surface area (Å²) in [6, 6.07) is 19.0. The number of benzene rings is 2. The third-order valence-electron chi connectivity index (χ3n) is 3.38. The lowest BCUT2D eigenvalue weighted by Gasteiger charge is -2.11. The normalized spacial score (nSPS) is 11.5. The molecule has 2 aromatic carbocycles. The average molecular weight is 297 g/mol. The molecule has 1 aromatic heterocycles. The molecule has 0 aliphatic rings. The summed E-state index contributed by atoms with van der Waals surface area (Å²) in [5, 5.41) is 0. The van der Waals surface area contributed by atoms with E-state index in [2.05, 4.69) is 0 Å². The van der Waals surface area contributed by atoms with Crippen LogP contribution in [0.3, 0.4) is 0 Å². The molecule has 0 bridgehead atoms. The highest BCUT2D eigenvalue weighted by Gasteiger charge is 2.09. The van der Waals surface area contributed by atoms with Gasteiger partial charge in [0.2, 0.25) is 0 Å². The molecule has 4 heteroatoms. The van der Waals surface area contributed by atoms with Gasteiger partial charge in [0.15, 0.2) is 9.84 Å². The number of hydrogen-bond donors (Lipinski definition) is 0. The first-order chi connectivity index (χ1) is 10.1. The summed E-state index contributed by atoms with van der Waals surface area (Å²) in [5.74, 6) is 0. The number of nitrogens with zero attached hydrogens (tertiary/aromatic N) is 1. The molecule has 0 unspecified atom stereocenters. The van der Waals surface area contributed by atoms with E-state index in [0.717, 1.165) is 16.8 Å². The van der Waals surface area contributed by atoms with Crippen LogP contribution in [0.2, 0.25) is 0 Å². The molecule has 3 nitrogen and oxygen atoms in total. The molecule has 0 atom stereocenters. The van der Waals surface area contributed by atoms with Gasteiger partial charge in [0.1, 0.15) is 0 Å². The fraction of sp³-hybridized carbons (Fsp3) is 0.0588. The van der Waals surface area contributed by atoms with Crippen LogP contribution in [0, 0.1) is 0 Å². The van der Waals surface area contributed by atoms with Gasteiger partial charge in [0.25, 0.3) is 0 Å². The summed E-state index contributed by atoms with van der Waals surface area (Å²) in [6.45, 7) is 0. The number of para-hydroxylation sites is 1. The van der Waals surface area contributed by atoms with Crippen LogP contribution in [-0.4, -0.2) is 19.2 Å². The molecule has 3 rings (SSSR count). The van der Waals surface area contributed by atoms with E-state index in [1.807, 2.05) is 65.5 Å². The van der Waals surface area contributed by atoms with Crippen molar-refractivity contribution < 1.29 is 8.42 Å². The van der Waals surface area contributed by atoms with Gasteiger partial charge in [-0.15, -0.1) is 0 Å². The van der Waals surface area contributed by atoms with E-state index in [1.165, 1.54) is 6.26 Å². The third-order valence-corrected chi connectivity index (χ3v) is 4.51. The topological polar surface area (TPSA) is 39.1 Å². The zero-order valence-electron chi connectivity index (χ0n) is 11.6. The van der Waals surface area contributed by atoms with Gasteiger partial charge in [-0.25, -0.2) is 8.42 Å². The molecule has 0 amide bonds. The molecule has 21 heavy (non-hydrogen) atoms. The lowest BCUT2D eigenvalue weighted by molar-refractivity contribution is 0.602. The van der Waals surface area contributed by atoms with E-state index < -0.39 is 9.84 Å². The Bertz CT molecular complexity index is 848. The molecular weight excluding hydrogens is 282 g/mol. The maximum atomic E-state index is 11.5. The second kappa shape index (κ2) is 5.22. The van der Waals surface area contributed by atoms with Crippen molar-refractivity contribution >= 4 is 9.84 Å². The van der Waals surface area contributed by atoms with Gasteiger partial charge < -0.3 is 4.57 Å². The monoisotopic (exact) mass is 297 g/mol. The van der Waals surface area contributed by atoms with Crippen LogP contribution in [0.4, 0.5) is 0 Å². The molecule has 0 saturated heterocycles. The Hall–Kier alpha value is -2.33. The summed E-state index contributed by atoms with van der Waals surface area (Å²) in [4.78, 5) is 0.338. The maximum Gasteiger partial charge on any atom is 0.175 e. The minimum Gasteiger partial charge on any atom is -0.323 e. The van der Waals surface area contributed by atoms with Gasteiger partial charge in [-0.05, 0) is 35.9 Å². The lowest BCUT2D eigenvalue weighted by atomic mass is 10.0. The van der Waals surface area contributed by atoms with Crippen LogP contribution in [0.15, 0.2) is 78.0 Å². The first-order valence-electron chi connectivity index (χ1n) is 6.58. The van der Waals surface area contributed by atoms with E-state index in [0.29, 0.717) is 4.90 Å². The summed E-state index contributed by atoms with van der Waals surface area (Å²) in [6.07, 6.45) is 5.20. The highest BCUT2D eigenvalue weighted by atomic mass is 32.2. The summed E-state index contributed by atoms with van der Waals surface area (Å²) >= 11 is 0. The zero-order valence-corrected chi connectivity index (χ0v) is 12.4. The molecule has 0 radical (unpaired) electrons. The Morgan fingerprint density at radius 1 is 0.810 bits per heavy atom. The zero-order chi connectivity index (χ0) is 14.9. The summed E-state index contributed by atoms with van der Waals surface area (Å²) in [5.41, 5.74) is 3.12. The molecular formula is C17H15NO2S. The maximum absolute atomic E-state index is 11.5. The molecule has 0 aliphatic carbocycles. The molecule has 1 heterocycles. The second-order valence-corrected chi connectivity index (χ2v) is 6.92. The van der Waals surface area contributed by atoms with Crippen molar-refractivity contribution in [3.63, 3.8) is 0 Å². The van der Waals surface area contributed by atoms with Gasteiger partial charge >= 0.3 is 0 Å². The molecule has 0 spiro atoms. The Morgan fingerprint density at radius 2 is 1.43 bits per heavy atom. The minimum absolute atomic E-state index is 0.338. The minimum atomic E-state index is -3.16. The molecule has 0 N–H and O–H groups in total. The van der Waals surface area contributed by atoms with Crippen LogP contribution in [0.5, 0.6) is 0 Å². The fourth-order valence-electron chi connectivity index (χ4n) is 2.32. The van der Waals surface area contributed by atoms with E-state index in [-0.39, 0.29) is 0 Å². The Morgan fingerprint density at radius 3 is 2.05 bits per heavy atom. The van der Waals surface area contributed by atoms with Gasteiger partial charge in [0.05, 0.1) is 10.6 Å². The van der Waals surface area contributed by atoms with Crippen molar-refractivity contribution in [3.8, 4) is 16.8 Å². The van der Waals surface area contributed by atoms with Gasteiger partial charge in [-0.1, -0.05) is 30.3 Å². The second-order valence-electron chi connectivity index (χ2n) is 4.90. The highest BCUT2D eigenvalue weighted by Crippen LogP contribution is 2.27. The van der Waals surface area contributed by atoms with Crippen molar-refractivity contribution in [2.24, 2.45) is 0 Å². The SMILES string of the molecule is CS(=O)(=O)c1ccc(-c2ccccc2-n2cccc2)cc1. The number of aromatic nitrogens is 1. The fourth-order valence-corrected chi connectivity index (χ4v) is 2.95. The molecule has 106 valence electrons. The van der Waals surface area contributed by atoms with Crippen molar-refractivity contribution in [2.45, 2.75) is 4.90 Å². The van der Waals surface area contributed by atoms with Crippen LogP contribution < -0.4 is 0 Å². The van der Waals surface area contributed by atoms with Gasteiger partial charge in [0, 0.05) is 24.2 Å². The smallest absolute Gasteiger partial charge is 0.175 e. The molecule has 0 fully saturated rings. The van der Waals surface area contributed by atoms with Crippen LogP contribution in [0.1, 0.15) is 0 Å². The van der Waals surface area contributed by atoms with Gasteiger partial charge in [-0.2, -0.15) is 0 Å². The van der Waals surface area contributed by atoms with E-state index in [4.69, 9.17) is 0 Å². The van der Waals surface area contributed by atoms with Crippen molar-refractivity contribution in [1.29, 1.82) is 0 Å². The first-order valence-corrected chi connectivity index (χ1v) is 8.48. The van der Waals surface area contributed by atoms with Crippen LogP contribution in [-0.2, 0) is 9.84 Å². The Kier molecular flexibility index (Phi) is 3.39. The molecule has 0 saturated carbocycles. The Labute approximate surface area is 124 Å². The van der Waals surface area contributed by atoms with E-state index in [9.17, 15) is 8.42 Å². The average Bonchev–Trinajstić information content (AvgIpc) is 3.01. The predicted molar refractivity (Wildman–Crippen MR) is 84.3 cm³/mol. The van der Waals surface area contributed by atoms with Crippen LogP contribution in [0.25, 0.3) is 16.8 Å². The van der Waals surface area contributed by atoms with E-state index >= 15 is 0 Å². The highest BCUT2D eigenvalue weighted by molar-refractivity contribution is 7.90. The summed E-state index contributed by atoms with van der Waals surface area (Å²) in [7, 11) is -3.16. The first kappa shape index (κ1) is 13.6. The third kappa shape index (κ3) is 2.76. The van der Waals surface area contributed by atoms with Crippen molar-refractivity contribution in [3.05, 3.63) is 73.1 Å². The van der Waals surface area contributed by atoms with Gasteiger partial charge in [-0.3, -0.25) is 0 Å².